The van der Waals surface area contributed by atoms with Crippen LogP contribution in [0, 0.1) is 18.6 Å². The molecule has 1 aliphatic heterocycles. The number of amides is 3. The Morgan fingerprint density at radius 2 is 1.63 bits per heavy atom. The zero-order valence-electron chi connectivity index (χ0n) is 16.6. The van der Waals surface area contributed by atoms with Crippen molar-refractivity contribution in [2.45, 2.75) is 25.8 Å². The van der Waals surface area contributed by atoms with Gasteiger partial charge in [0.25, 0.3) is 11.8 Å². The van der Waals surface area contributed by atoms with E-state index >= 15 is 0 Å². The molecular weight excluding hydrogens is 392 g/mol. The van der Waals surface area contributed by atoms with Crippen molar-refractivity contribution in [2.24, 2.45) is 0 Å². The number of carbonyl (C=O) groups excluding carboxylic acids is 3. The van der Waals surface area contributed by atoms with E-state index in [9.17, 15) is 23.2 Å². The quantitative estimate of drug-likeness (QED) is 0.787. The summed E-state index contributed by atoms with van der Waals surface area (Å²) in [5.41, 5.74) is 1.35. The molecule has 0 radical (unpaired) electrons. The third-order valence-electron chi connectivity index (χ3n) is 5.10. The summed E-state index contributed by atoms with van der Waals surface area (Å²) in [6.07, 6.45) is 1.21. The molecule has 0 bridgehead atoms. The maximum Gasteiger partial charge on any atom is 0.251 e. The summed E-state index contributed by atoms with van der Waals surface area (Å²) in [5, 5.41) is 5.39. The van der Waals surface area contributed by atoms with E-state index in [1.54, 1.807) is 11.0 Å². The van der Waals surface area contributed by atoms with Gasteiger partial charge in [-0.3, -0.25) is 14.4 Å². The van der Waals surface area contributed by atoms with Gasteiger partial charge in [0.1, 0.15) is 11.6 Å². The van der Waals surface area contributed by atoms with Gasteiger partial charge < -0.3 is 15.5 Å². The molecular formula is C22H23F2N3O3. The van der Waals surface area contributed by atoms with E-state index in [0.717, 1.165) is 17.7 Å². The normalized spacial score (nSPS) is 14.3. The van der Waals surface area contributed by atoms with Crippen LogP contribution in [0.4, 0.5) is 8.78 Å². The molecule has 2 aromatic carbocycles. The van der Waals surface area contributed by atoms with Gasteiger partial charge in [-0.25, -0.2) is 8.78 Å². The minimum absolute atomic E-state index is 0.0361. The molecule has 0 atom stereocenters. The first-order valence-corrected chi connectivity index (χ1v) is 9.72. The lowest BCUT2D eigenvalue weighted by molar-refractivity contribution is -0.131. The summed E-state index contributed by atoms with van der Waals surface area (Å²) in [7, 11) is 0. The van der Waals surface area contributed by atoms with Crippen molar-refractivity contribution < 1.29 is 23.2 Å². The number of hydrogen-bond acceptors (Lipinski definition) is 3. The Morgan fingerprint density at radius 3 is 2.27 bits per heavy atom. The number of nitrogens with zero attached hydrogens (tertiary/aromatic N) is 1. The van der Waals surface area contributed by atoms with Crippen molar-refractivity contribution in [1.82, 2.24) is 15.5 Å². The van der Waals surface area contributed by atoms with Crippen molar-refractivity contribution in [3.05, 3.63) is 70.8 Å². The van der Waals surface area contributed by atoms with Gasteiger partial charge in [0.15, 0.2) is 0 Å². The molecule has 8 heteroatoms. The smallest absolute Gasteiger partial charge is 0.251 e. The summed E-state index contributed by atoms with van der Waals surface area (Å²) in [4.78, 5) is 38.4. The minimum atomic E-state index is -0.860. The molecule has 2 N–H and O–H groups in total. The SMILES string of the molecule is Cc1ccccc1C(=O)NC1CCN(C(=O)CNC(=O)c2cc(F)cc(F)c2)CC1. The molecule has 0 spiro atoms. The summed E-state index contributed by atoms with van der Waals surface area (Å²) >= 11 is 0. The van der Waals surface area contributed by atoms with Crippen LogP contribution >= 0.6 is 0 Å². The molecule has 158 valence electrons. The van der Waals surface area contributed by atoms with E-state index < -0.39 is 17.5 Å². The number of aryl methyl sites for hydroxylation is 1. The van der Waals surface area contributed by atoms with Gasteiger partial charge in [0.05, 0.1) is 6.54 Å². The fourth-order valence-electron chi connectivity index (χ4n) is 3.42. The predicted octanol–water partition coefficient (Wildman–Crippen LogP) is 2.42. The average molecular weight is 415 g/mol. The van der Waals surface area contributed by atoms with Crippen LogP contribution in [0.1, 0.15) is 39.1 Å². The Balaban J connectivity index is 1.45. The maximum atomic E-state index is 13.2. The summed E-state index contributed by atoms with van der Waals surface area (Å²) in [5.74, 6) is -2.86. The fraction of sp³-hybridized carbons (Fsp3) is 0.318. The zero-order chi connectivity index (χ0) is 21.7. The molecule has 0 saturated carbocycles. The van der Waals surface area contributed by atoms with Crippen molar-refractivity contribution in [2.75, 3.05) is 19.6 Å². The van der Waals surface area contributed by atoms with E-state index in [2.05, 4.69) is 10.6 Å². The molecule has 2 aromatic rings. The molecule has 1 fully saturated rings. The molecule has 1 aliphatic rings. The van der Waals surface area contributed by atoms with Crippen LogP contribution < -0.4 is 10.6 Å². The lowest BCUT2D eigenvalue weighted by Gasteiger charge is -2.32. The van der Waals surface area contributed by atoms with Gasteiger partial charge in [0.2, 0.25) is 5.91 Å². The van der Waals surface area contributed by atoms with E-state index in [-0.39, 0.29) is 30.0 Å². The zero-order valence-corrected chi connectivity index (χ0v) is 16.6. The summed E-state index contributed by atoms with van der Waals surface area (Å²) in [6, 6.07) is 9.79. The largest absolute Gasteiger partial charge is 0.349 e. The van der Waals surface area contributed by atoms with Crippen LogP contribution in [0.25, 0.3) is 0 Å². The number of hydrogen-bond donors (Lipinski definition) is 2. The predicted molar refractivity (Wildman–Crippen MR) is 107 cm³/mol. The topological polar surface area (TPSA) is 78.5 Å². The number of benzene rings is 2. The Labute approximate surface area is 173 Å². The minimum Gasteiger partial charge on any atom is -0.349 e. The number of piperidine rings is 1. The third kappa shape index (κ3) is 5.40. The molecule has 0 aromatic heterocycles. The second kappa shape index (κ2) is 9.47. The molecule has 0 aliphatic carbocycles. The number of likely N-dealkylation sites (tertiary alicyclic amines) is 1. The number of rotatable bonds is 5. The fourth-order valence-corrected chi connectivity index (χ4v) is 3.42. The maximum absolute atomic E-state index is 13.2. The first-order chi connectivity index (χ1) is 14.3. The van der Waals surface area contributed by atoms with Crippen LogP contribution in [0.2, 0.25) is 0 Å². The van der Waals surface area contributed by atoms with Crippen molar-refractivity contribution in [3.63, 3.8) is 0 Å². The Kier molecular flexibility index (Phi) is 6.76. The molecule has 3 amide bonds. The molecule has 0 unspecified atom stereocenters. The van der Waals surface area contributed by atoms with Gasteiger partial charge in [-0.05, 0) is 43.5 Å². The van der Waals surface area contributed by atoms with E-state index in [1.807, 2.05) is 25.1 Å². The van der Waals surface area contributed by atoms with Gasteiger partial charge in [-0.1, -0.05) is 18.2 Å². The highest BCUT2D eigenvalue weighted by Crippen LogP contribution is 2.13. The van der Waals surface area contributed by atoms with Gasteiger partial charge in [0, 0.05) is 36.3 Å². The Hall–Kier alpha value is -3.29. The monoisotopic (exact) mass is 415 g/mol. The number of carbonyl (C=O) groups is 3. The molecule has 30 heavy (non-hydrogen) atoms. The van der Waals surface area contributed by atoms with Crippen LogP contribution in [-0.4, -0.2) is 48.3 Å². The summed E-state index contributed by atoms with van der Waals surface area (Å²) < 4.78 is 26.4. The lowest BCUT2D eigenvalue weighted by Crippen LogP contribution is -2.49. The van der Waals surface area contributed by atoms with Crippen LogP contribution in [0.15, 0.2) is 42.5 Å². The van der Waals surface area contributed by atoms with Crippen molar-refractivity contribution in [1.29, 1.82) is 0 Å². The molecule has 6 nitrogen and oxygen atoms in total. The average Bonchev–Trinajstić information content (AvgIpc) is 2.71. The first-order valence-electron chi connectivity index (χ1n) is 9.72. The Bertz CT molecular complexity index is 936. The standard InChI is InChI=1S/C22H23F2N3O3/c1-14-4-2-3-5-19(14)22(30)26-18-6-8-27(9-7-18)20(28)13-25-21(29)15-10-16(23)12-17(24)11-15/h2-5,10-12,18H,6-9,13H2,1H3,(H,25,29)(H,26,30). The van der Waals surface area contributed by atoms with Gasteiger partial charge in [-0.15, -0.1) is 0 Å². The highest BCUT2D eigenvalue weighted by molar-refractivity contribution is 5.97. The molecule has 3 rings (SSSR count). The molecule has 1 heterocycles. The van der Waals surface area contributed by atoms with Crippen LogP contribution in [0.5, 0.6) is 0 Å². The van der Waals surface area contributed by atoms with Gasteiger partial charge >= 0.3 is 0 Å². The molecule has 1 saturated heterocycles. The van der Waals surface area contributed by atoms with E-state index in [0.29, 0.717) is 37.6 Å². The third-order valence-corrected chi connectivity index (χ3v) is 5.10. The highest BCUT2D eigenvalue weighted by atomic mass is 19.1. The lowest BCUT2D eigenvalue weighted by atomic mass is 10.0. The Morgan fingerprint density at radius 1 is 1.00 bits per heavy atom. The van der Waals surface area contributed by atoms with Crippen molar-refractivity contribution >= 4 is 17.7 Å². The summed E-state index contributed by atoms with van der Waals surface area (Å²) in [6.45, 7) is 2.50. The first kappa shape index (κ1) is 21.4. The van der Waals surface area contributed by atoms with Crippen molar-refractivity contribution in [3.8, 4) is 0 Å². The highest BCUT2D eigenvalue weighted by Gasteiger charge is 2.24. The second-order valence-electron chi connectivity index (χ2n) is 7.28. The van der Waals surface area contributed by atoms with Gasteiger partial charge in [-0.2, -0.15) is 0 Å². The number of nitrogens with one attached hydrogen (secondary N) is 2. The van der Waals surface area contributed by atoms with Crippen LogP contribution in [0.3, 0.4) is 0 Å². The second-order valence-corrected chi connectivity index (χ2v) is 7.28. The van der Waals surface area contributed by atoms with Crippen LogP contribution in [-0.2, 0) is 4.79 Å². The number of halogens is 2. The van der Waals surface area contributed by atoms with E-state index in [1.165, 1.54) is 0 Å². The van der Waals surface area contributed by atoms with E-state index in [4.69, 9.17) is 0 Å².